The molecule has 3 rings (SSSR count). The lowest BCUT2D eigenvalue weighted by molar-refractivity contribution is -0.129. The summed E-state index contributed by atoms with van der Waals surface area (Å²) in [6.45, 7) is 1.77. The Bertz CT molecular complexity index is 644. The van der Waals surface area contributed by atoms with Gasteiger partial charge in [-0.1, -0.05) is 12.1 Å². The van der Waals surface area contributed by atoms with Crippen LogP contribution in [0, 0.1) is 0 Å². The van der Waals surface area contributed by atoms with Gasteiger partial charge in [-0.3, -0.25) is 9.59 Å². The van der Waals surface area contributed by atoms with Crippen molar-refractivity contribution >= 4 is 28.8 Å². The lowest BCUT2D eigenvalue weighted by Gasteiger charge is -2.15. The topological polar surface area (TPSA) is 49.4 Å². The van der Waals surface area contributed by atoms with Crippen LogP contribution in [0.4, 0.5) is 5.69 Å². The monoisotopic (exact) mass is 314 g/mol. The molecule has 0 bridgehead atoms. The Labute approximate surface area is 133 Å². The molecule has 1 saturated heterocycles. The van der Waals surface area contributed by atoms with Crippen LogP contribution in [0.2, 0.25) is 0 Å². The Morgan fingerprint density at radius 1 is 1.09 bits per heavy atom. The number of thiophene rings is 1. The highest BCUT2D eigenvalue weighted by Crippen LogP contribution is 2.15. The molecule has 0 spiro atoms. The van der Waals surface area contributed by atoms with Crippen LogP contribution in [0.25, 0.3) is 0 Å². The summed E-state index contributed by atoms with van der Waals surface area (Å²) in [4.78, 5) is 26.0. The minimum Gasteiger partial charge on any atom is -0.342 e. The Balaban J connectivity index is 1.58. The summed E-state index contributed by atoms with van der Waals surface area (Å²) in [5.74, 6) is 0.0784. The summed E-state index contributed by atoms with van der Waals surface area (Å²) in [6, 6.07) is 9.28. The number of nitrogens with one attached hydrogen (secondary N) is 1. The normalized spacial score (nSPS) is 14.1. The predicted molar refractivity (Wildman–Crippen MR) is 88.2 cm³/mol. The number of anilines is 1. The van der Waals surface area contributed by atoms with Crippen molar-refractivity contribution in [3.05, 3.63) is 52.2 Å². The molecule has 0 radical (unpaired) electrons. The van der Waals surface area contributed by atoms with Gasteiger partial charge >= 0.3 is 0 Å². The van der Waals surface area contributed by atoms with Crippen LogP contribution in [0.5, 0.6) is 0 Å². The van der Waals surface area contributed by atoms with Crippen LogP contribution in [0.1, 0.15) is 28.8 Å². The van der Waals surface area contributed by atoms with Gasteiger partial charge in [-0.15, -0.1) is 0 Å². The first-order chi connectivity index (χ1) is 10.7. The van der Waals surface area contributed by atoms with Crippen LogP contribution >= 0.6 is 11.3 Å². The molecule has 1 aromatic heterocycles. The average molecular weight is 314 g/mol. The number of benzene rings is 1. The van der Waals surface area contributed by atoms with Crippen molar-refractivity contribution in [2.45, 2.75) is 19.3 Å². The van der Waals surface area contributed by atoms with Gasteiger partial charge in [0.25, 0.3) is 5.91 Å². The minimum absolute atomic E-state index is 0.109. The zero-order valence-corrected chi connectivity index (χ0v) is 13.1. The first kappa shape index (κ1) is 14.8. The summed E-state index contributed by atoms with van der Waals surface area (Å²) >= 11 is 1.50. The fourth-order valence-electron chi connectivity index (χ4n) is 2.56. The van der Waals surface area contributed by atoms with Crippen molar-refractivity contribution in [2.75, 3.05) is 18.4 Å². The molecule has 1 fully saturated rings. The molecule has 2 aromatic rings. The third kappa shape index (κ3) is 3.54. The summed E-state index contributed by atoms with van der Waals surface area (Å²) in [7, 11) is 0. The van der Waals surface area contributed by atoms with E-state index >= 15 is 0 Å². The summed E-state index contributed by atoms with van der Waals surface area (Å²) in [5, 5.41) is 6.55. The van der Waals surface area contributed by atoms with Gasteiger partial charge < -0.3 is 10.2 Å². The van der Waals surface area contributed by atoms with E-state index in [0.717, 1.165) is 37.2 Å². The second-order valence-electron chi connectivity index (χ2n) is 5.43. The molecule has 0 atom stereocenters. The highest BCUT2D eigenvalue weighted by molar-refractivity contribution is 7.08. The molecule has 0 aliphatic carbocycles. The van der Waals surface area contributed by atoms with E-state index in [-0.39, 0.29) is 11.8 Å². The van der Waals surface area contributed by atoms with E-state index in [2.05, 4.69) is 5.32 Å². The zero-order chi connectivity index (χ0) is 15.4. The molecule has 1 N–H and O–H groups in total. The molecule has 0 unspecified atom stereocenters. The number of hydrogen-bond donors (Lipinski definition) is 1. The van der Waals surface area contributed by atoms with Gasteiger partial charge in [0.15, 0.2) is 0 Å². The van der Waals surface area contributed by atoms with E-state index in [0.29, 0.717) is 12.0 Å². The predicted octanol–water partition coefficient (Wildman–Crippen LogP) is 3.17. The molecule has 5 heteroatoms. The maximum atomic E-state index is 12.1. The average Bonchev–Trinajstić information content (AvgIpc) is 3.23. The van der Waals surface area contributed by atoms with Gasteiger partial charge in [0.05, 0.1) is 12.0 Å². The van der Waals surface area contributed by atoms with Crippen molar-refractivity contribution < 1.29 is 9.59 Å². The molecule has 4 nitrogen and oxygen atoms in total. The van der Waals surface area contributed by atoms with Gasteiger partial charge in [0, 0.05) is 24.2 Å². The second-order valence-corrected chi connectivity index (χ2v) is 6.21. The second kappa shape index (κ2) is 6.75. The van der Waals surface area contributed by atoms with Crippen molar-refractivity contribution in [2.24, 2.45) is 0 Å². The van der Waals surface area contributed by atoms with Crippen LogP contribution in [-0.4, -0.2) is 29.8 Å². The van der Waals surface area contributed by atoms with Gasteiger partial charge in [0.2, 0.25) is 5.91 Å². The standard InChI is InChI=1S/C17H18N2O2S/c20-16(19-8-1-2-9-19)11-13-3-5-15(6-4-13)18-17(21)14-7-10-22-12-14/h3-7,10,12H,1-2,8-9,11H2,(H,18,21). The lowest BCUT2D eigenvalue weighted by Crippen LogP contribution is -2.29. The molecule has 2 heterocycles. The molecule has 1 aliphatic rings. The largest absolute Gasteiger partial charge is 0.342 e. The third-order valence-electron chi connectivity index (χ3n) is 3.81. The van der Waals surface area contributed by atoms with Crippen molar-refractivity contribution in [1.29, 1.82) is 0 Å². The molecule has 114 valence electrons. The molecule has 0 saturated carbocycles. The van der Waals surface area contributed by atoms with Crippen LogP contribution in [-0.2, 0) is 11.2 Å². The highest BCUT2D eigenvalue weighted by atomic mass is 32.1. The van der Waals surface area contributed by atoms with E-state index < -0.39 is 0 Å². The Morgan fingerprint density at radius 3 is 2.45 bits per heavy atom. The number of hydrogen-bond acceptors (Lipinski definition) is 3. The van der Waals surface area contributed by atoms with Crippen LogP contribution in [0.15, 0.2) is 41.1 Å². The minimum atomic E-state index is -0.109. The number of rotatable bonds is 4. The van der Waals surface area contributed by atoms with Gasteiger partial charge in [-0.2, -0.15) is 11.3 Å². The molecule has 22 heavy (non-hydrogen) atoms. The number of nitrogens with zero attached hydrogens (tertiary/aromatic N) is 1. The van der Waals surface area contributed by atoms with Crippen LogP contribution in [0.3, 0.4) is 0 Å². The van der Waals surface area contributed by atoms with Crippen molar-refractivity contribution in [3.63, 3.8) is 0 Å². The van der Waals surface area contributed by atoms with Crippen LogP contribution < -0.4 is 5.32 Å². The number of amides is 2. The Morgan fingerprint density at radius 2 is 1.82 bits per heavy atom. The maximum absolute atomic E-state index is 12.1. The molecular weight excluding hydrogens is 296 g/mol. The summed E-state index contributed by atoms with van der Waals surface area (Å²) < 4.78 is 0. The first-order valence-electron chi connectivity index (χ1n) is 7.42. The maximum Gasteiger partial charge on any atom is 0.256 e. The summed E-state index contributed by atoms with van der Waals surface area (Å²) in [6.07, 6.45) is 2.65. The van der Waals surface area contributed by atoms with E-state index in [4.69, 9.17) is 0 Å². The van der Waals surface area contributed by atoms with E-state index in [1.54, 1.807) is 6.07 Å². The highest BCUT2D eigenvalue weighted by Gasteiger charge is 2.17. The molecule has 1 aromatic carbocycles. The van der Waals surface area contributed by atoms with Crippen molar-refractivity contribution in [3.8, 4) is 0 Å². The van der Waals surface area contributed by atoms with E-state index in [1.165, 1.54) is 11.3 Å². The number of likely N-dealkylation sites (tertiary alicyclic amines) is 1. The van der Waals surface area contributed by atoms with E-state index in [1.807, 2.05) is 39.9 Å². The Kier molecular flexibility index (Phi) is 4.53. The molecule has 2 amide bonds. The fraction of sp³-hybridized carbons (Fsp3) is 0.294. The summed E-state index contributed by atoms with van der Waals surface area (Å²) in [5.41, 5.74) is 2.39. The smallest absolute Gasteiger partial charge is 0.256 e. The number of carbonyl (C=O) groups is 2. The van der Waals surface area contributed by atoms with Crippen molar-refractivity contribution in [1.82, 2.24) is 4.90 Å². The van der Waals surface area contributed by atoms with Gasteiger partial charge in [-0.05, 0) is 42.0 Å². The lowest BCUT2D eigenvalue weighted by atomic mass is 10.1. The quantitative estimate of drug-likeness (QED) is 0.942. The first-order valence-corrected chi connectivity index (χ1v) is 8.37. The third-order valence-corrected chi connectivity index (χ3v) is 4.49. The SMILES string of the molecule is O=C(Nc1ccc(CC(=O)N2CCCC2)cc1)c1ccsc1. The zero-order valence-electron chi connectivity index (χ0n) is 12.2. The van der Waals surface area contributed by atoms with E-state index in [9.17, 15) is 9.59 Å². The fourth-order valence-corrected chi connectivity index (χ4v) is 3.19. The Hall–Kier alpha value is -2.14. The molecular formula is C17H18N2O2S. The number of carbonyl (C=O) groups excluding carboxylic acids is 2. The van der Waals surface area contributed by atoms with Gasteiger partial charge in [-0.25, -0.2) is 0 Å². The van der Waals surface area contributed by atoms with Gasteiger partial charge in [0.1, 0.15) is 0 Å². The molecule has 1 aliphatic heterocycles.